The van der Waals surface area contributed by atoms with Crippen molar-refractivity contribution in [3.8, 4) is 0 Å². The van der Waals surface area contributed by atoms with Gasteiger partial charge in [0.05, 0.1) is 23.5 Å². The molecule has 0 radical (unpaired) electrons. The van der Waals surface area contributed by atoms with Crippen molar-refractivity contribution < 1.29 is 9.32 Å². The van der Waals surface area contributed by atoms with Crippen LogP contribution in [0.15, 0.2) is 22.9 Å². The lowest BCUT2D eigenvalue weighted by molar-refractivity contribution is -0.118. The van der Waals surface area contributed by atoms with Crippen molar-refractivity contribution in [2.75, 3.05) is 11.4 Å². The molecule has 20 heavy (non-hydrogen) atoms. The second-order valence-corrected chi connectivity index (χ2v) is 4.73. The molecule has 1 amide bonds. The summed E-state index contributed by atoms with van der Waals surface area (Å²) in [5.41, 5.74) is 3.35. The van der Waals surface area contributed by atoms with Crippen LogP contribution in [-0.4, -0.2) is 22.6 Å². The zero-order valence-corrected chi connectivity index (χ0v) is 12.3. The first-order valence-electron chi connectivity index (χ1n) is 6.68. The highest BCUT2D eigenvalue weighted by molar-refractivity contribution is 5.95. The maximum absolute atomic E-state index is 12.5. The number of amides is 1. The Labute approximate surface area is 118 Å². The van der Waals surface area contributed by atoms with Gasteiger partial charge in [0.25, 0.3) is 0 Å². The first-order valence-corrected chi connectivity index (χ1v) is 6.68. The molecule has 106 valence electrons. The minimum Gasteiger partial charge on any atom is -0.361 e. The normalized spacial score (nSPS) is 10.6. The number of hydrogen-bond donors (Lipinski definition) is 0. The lowest BCUT2D eigenvalue weighted by Crippen LogP contribution is -2.33. The minimum atomic E-state index is 0.0259. The van der Waals surface area contributed by atoms with Gasteiger partial charge in [0.15, 0.2) is 0 Å². The van der Waals surface area contributed by atoms with Crippen molar-refractivity contribution in [3.05, 3.63) is 41.0 Å². The van der Waals surface area contributed by atoms with Gasteiger partial charge in [0, 0.05) is 18.3 Å². The smallest absolute Gasteiger partial charge is 0.231 e. The zero-order chi connectivity index (χ0) is 14.7. The summed E-state index contributed by atoms with van der Waals surface area (Å²) in [7, 11) is 0. The van der Waals surface area contributed by atoms with E-state index in [1.807, 2.05) is 39.8 Å². The Morgan fingerprint density at radius 2 is 2.05 bits per heavy atom. The van der Waals surface area contributed by atoms with E-state index in [0.717, 1.165) is 22.6 Å². The number of aryl methyl sites for hydroxylation is 3. The van der Waals surface area contributed by atoms with E-state index < -0.39 is 0 Å². The quantitative estimate of drug-likeness (QED) is 0.859. The molecule has 0 bridgehead atoms. The van der Waals surface area contributed by atoms with Crippen LogP contribution in [0, 0.1) is 20.8 Å². The van der Waals surface area contributed by atoms with Crippen molar-refractivity contribution in [1.82, 2.24) is 10.1 Å². The maximum atomic E-state index is 12.5. The minimum absolute atomic E-state index is 0.0259. The van der Waals surface area contributed by atoms with Crippen LogP contribution >= 0.6 is 0 Å². The topological polar surface area (TPSA) is 59.2 Å². The molecule has 0 N–H and O–H groups in total. The Morgan fingerprint density at radius 3 is 2.60 bits per heavy atom. The van der Waals surface area contributed by atoms with Gasteiger partial charge in [-0.15, -0.1) is 0 Å². The number of anilines is 1. The molecule has 2 aromatic heterocycles. The van der Waals surface area contributed by atoms with Crippen LogP contribution in [0.4, 0.5) is 5.69 Å². The predicted octanol–water partition coefficient (Wildman–Crippen LogP) is 2.59. The van der Waals surface area contributed by atoms with Gasteiger partial charge in [0.2, 0.25) is 5.91 Å². The lowest BCUT2D eigenvalue weighted by atomic mass is 10.1. The Kier molecular flexibility index (Phi) is 4.17. The third-order valence-electron chi connectivity index (χ3n) is 3.40. The van der Waals surface area contributed by atoms with Crippen LogP contribution in [0.5, 0.6) is 0 Å². The summed E-state index contributed by atoms with van der Waals surface area (Å²) >= 11 is 0. The fourth-order valence-electron chi connectivity index (χ4n) is 2.24. The number of likely N-dealkylation sites (N-methyl/N-ethyl adjacent to an activating group) is 1. The van der Waals surface area contributed by atoms with Gasteiger partial charge in [0.1, 0.15) is 5.76 Å². The highest BCUT2D eigenvalue weighted by Gasteiger charge is 2.20. The molecule has 0 saturated heterocycles. The Morgan fingerprint density at radius 1 is 1.30 bits per heavy atom. The standard InChI is InChI=1S/C15H19N3O2/c1-5-18(14-7-6-8-16-11(14)3)15(19)9-13-10(2)17-20-12(13)4/h6-8H,5,9H2,1-4H3. The van der Waals surface area contributed by atoms with E-state index in [9.17, 15) is 4.79 Å². The summed E-state index contributed by atoms with van der Waals surface area (Å²) in [6.07, 6.45) is 2.02. The van der Waals surface area contributed by atoms with Crippen LogP contribution < -0.4 is 4.90 Å². The van der Waals surface area contributed by atoms with E-state index in [4.69, 9.17) is 4.52 Å². The summed E-state index contributed by atoms with van der Waals surface area (Å²) in [5.74, 6) is 0.729. The van der Waals surface area contributed by atoms with Gasteiger partial charge >= 0.3 is 0 Å². The predicted molar refractivity (Wildman–Crippen MR) is 76.7 cm³/mol. The van der Waals surface area contributed by atoms with Crippen molar-refractivity contribution in [1.29, 1.82) is 0 Å². The molecule has 0 unspecified atom stereocenters. The number of nitrogens with zero attached hydrogens (tertiary/aromatic N) is 3. The molecule has 2 aromatic rings. The second-order valence-electron chi connectivity index (χ2n) is 4.73. The van der Waals surface area contributed by atoms with E-state index in [-0.39, 0.29) is 5.91 Å². The largest absolute Gasteiger partial charge is 0.361 e. The van der Waals surface area contributed by atoms with Crippen LogP contribution in [-0.2, 0) is 11.2 Å². The van der Waals surface area contributed by atoms with Gasteiger partial charge in [-0.3, -0.25) is 9.78 Å². The highest BCUT2D eigenvalue weighted by atomic mass is 16.5. The fraction of sp³-hybridized carbons (Fsp3) is 0.400. The first kappa shape index (κ1) is 14.2. The summed E-state index contributed by atoms with van der Waals surface area (Å²) < 4.78 is 5.11. The molecule has 0 aliphatic carbocycles. The SMILES string of the molecule is CCN(C(=O)Cc1c(C)noc1C)c1cccnc1C. The average Bonchev–Trinajstić information content (AvgIpc) is 2.73. The molecule has 0 aliphatic rings. The number of rotatable bonds is 4. The molecule has 2 rings (SSSR count). The Hall–Kier alpha value is -2.17. The van der Waals surface area contributed by atoms with E-state index in [0.29, 0.717) is 18.7 Å². The molecule has 0 fully saturated rings. The van der Waals surface area contributed by atoms with Crippen LogP contribution in [0.25, 0.3) is 0 Å². The van der Waals surface area contributed by atoms with E-state index in [1.54, 1.807) is 11.1 Å². The number of pyridine rings is 1. The summed E-state index contributed by atoms with van der Waals surface area (Å²) in [4.78, 5) is 18.5. The van der Waals surface area contributed by atoms with Gasteiger partial charge in [-0.1, -0.05) is 5.16 Å². The highest BCUT2D eigenvalue weighted by Crippen LogP contribution is 2.20. The third-order valence-corrected chi connectivity index (χ3v) is 3.40. The number of aromatic nitrogens is 2. The van der Waals surface area contributed by atoms with Crippen LogP contribution in [0.2, 0.25) is 0 Å². The van der Waals surface area contributed by atoms with Crippen LogP contribution in [0.1, 0.15) is 29.6 Å². The van der Waals surface area contributed by atoms with Crippen molar-refractivity contribution >= 4 is 11.6 Å². The molecule has 5 nitrogen and oxygen atoms in total. The molecule has 0 spiro atoms. The molecular weight excluding hydrogens is 254 g/mol. The fourth-order valence-corrected chi connectivity index (χ4v) is 2.24. The van der Waals surface area contributed by atoms with Crippen LogP contribution in [0.3, 0.4) is 0 Å². The van der Waals surface area contributed by atoms with E-state index in [2.05, 4.69) is 10.1 Å². The first-order chi connectivity index (χ1) is 9.54. The lowest BCUT2D eigenvalue weighted by Gasteiger charge is -2.22. The molecule has 5 heteroatoms. The number of carbonyl (C=O) groups excluding carboxylic acids is 1. The van der Waals surface area contributed by atoms with Gasteiger partial charge in [-0.25, -0.2) is 0 Å². The maximum Gasteiger partial charge on any atom is 0.231 e. The van der Waals surface area contributed by atoms with Crippen molar-refractivity contribution in [3.63, 3.8) is 0 Å². The average molecular weight is 273 g/mol. The molecular formula is C15H19N3O2. The zero-order valence-electron chi connectivity index (χ0n) is 12.3. The third kappa shape index (κ3) is 2.71. The van der Waals surface area contributed by atoms with Gasteiger partial charge in [-0.2, -0.15) is 0 Å². The summed E-state index contributed by atoms with van der Waals surface area (Å²) in [5, 5.41) is 3.89. The molecule has 0 atom stereocenters. The summed E-state index contributed by atoms with van der Waals surface area (Å²) in [6.45, 7) is 8.15. The second kappa shape index (κ2) is 5.86. The Balaban J connectivity index is 2.25. The van der Waals surface area contributed by atoms with Gasteiger partial charge < -0.3 is 9.42 Å². The monoisotopic (exact) mass is 273 g/mol. The number of hydrogen-bond acceptors (Lipinski definition) is 4. The van der Waals surface area contributed by atoms with E-state index >= 15 is 0 Å². The number of carbonyl (C=O) groups is 1. The molecule has 0 aliphatic heterocycles. The van der Waals surface area contributed by atoms with Crippen molar-refractivity contribution in [2.45, 2.75) is 34.1 Å². The molecule has 2 heterocycles. The molecule has 0 saturated carbocycles. The Bertz CT molecular complexity index is 600. The summed E-state index contributed by atoms with van der Waals surface area (Å²) in [6, 6.07) is 3.76. The van der Waals surface area contributed by atoms with Crippen molar-refractivity contribution in [2.24, 2.45) is 0 Å². The van der Waals surface area contributed by atoms with Gasteiger partial charge in [-0.05, 0) is 39.8 Å². The molecule has 0 aromatic carbocycles. The van der Waals surface area contributed by atoms with E-state index in [1.165, 1.54) is 0 Å².